The van der Waals surface area contributed by atoms with Crippen molar-refractivity contribution in [3.8, 4) is 0 Å². The van der Waals surface area contributed by atoms with Gasteiger partial charge in [-0.05, 0) is 0 Å². The minimum Gasteiger partial charge on any atom is -1.00 e. The van der Waals surface area contributed by atoms with Crippen LogP contribution < -0.4 is 49.6 Å². The van der Waals surface area contributed by atoms with Crippen LogP contribution in [0.1, 0.15) is 0 Å². The van der Waals surface area contributed by atoms with Gasteiger partial charge in [0.1, 0.15) is 0 Å². The number of hydrogen-bond acceptors (Lipinski definition) is 0. The molecule has 0 saturated carbocycles. The quantitative estimate of drug-likeness (QED) is 0.313. The Morgan fingerprint density at radius 2 is 0.688 bits per heavy atom. The molecule has 2 aromatic carbocycles. The third kappa shape index (κ3) is 24.2. The van der Waals surface area contributed by atoms with Crippen molar-refractivity contribution >= 4 is 0 Å². The summed E-state index contributed by atoms with van der Waals surface area (Å²) in [5, 5.41) is 0. The van der Waals surface area contributed by atoms with E-state index in [4.69, 9.17) is 0 Å². The van der Waals surface area contributed by atoms with E-state index in [9.17, 15) is 0 Å². The summed E-state index contributed by atoms with van der Waals surface area (Å²) in [6, 6.07) is 20.0. The van der Waals surface area contributed by atoms with Crippen LogP contribution in [-0.2, 0) is 34.1 Å². The van der Waals surface area contributed by atoms with E-state index in [1.165, 1.54) is 0 Å². The maximum Gasteiger partial charge on any atom is 4.00 e. The van der Waals surface area contributed by atoms with Crippen molar-refractivity contribution in [2.45, 2.75) is 0 Å². The molecule has 2 rings (SSSR count). The fraction of sp³-hybridized carbons (Fsp3) is 0. The van der Waals surface area contributed by atoms with Gasteiger partial charge in [0.25, 0.3) is 0 Å². The molecule has 0 atom stereocenters. The van der Waals surface area contributed by atoms with Gasteiger partial charge in [0, 0.05) is 0 Å². The van der Waals surface area contributed by atoms with Crippen molar-refractivity contribution in [3.63, 3.8) is 0 Å². The predicted molar refractivity (Wildman–Crippen MR) is 44.1 cm³/mol. The summed E-state index contributed by atoms with van der Waals surface area (Å²) in [7, 11) is 0. The van der Waals surface area contributed by atoms with E-state index in [0.29, 0.717) is 0 Å². The molecule has 0 bridgehead atoms. The molecule has 0 spiro atoms. The first-order valence-corrected chi connectivity index (χ1v) is 3.33. The number of halogens is 4. The fourth-order valence-electron chi connectivity index (χ4n) is 0.642. The SMILES string of the molecule is [Cl-].[Cl-].[Cl-].[Cl-].[Fe+2].[Fe+4].c1cc[cH-]c1.c1cc[cH-]c1. The smallest absolute Gasteiger partial charge is 1.00 e. The van der Waals surface area contributed by atoms with Crippen LogP contribution in [0.25, 0.3) is 0 Å². The van der Waals surface area contributed by atoms with Gasteiger partial charge in [0.05, 0.1) is 0 Å². The second kappa shape index (κ2) is 29.7. The van der Waals surface area contributed by atoms with Crippen LogP contribution in [-0.4, -0.2) is 0 Å². The zero-order valence-electron chi connectivity index (χ0n) is 7.99. The van der Waals surface area contributed by atoms with Crippen LogP contribution in [0.4, 0.5) is 0 Å². The van der Waals surface area contributed by atoms with Crippen molar-refractivity contribution in [1.29, 1.82) is 0 Å². The van der Waals surface area contributed by atoms with E-state index in [0.717, 1.165) is 0 Å². The Labute approximate surface area is 143 Å². The minimum absolute atomic E-state index is 0. The van der Waals surface area contributed by atoms with E-state index in [1.807, 2.05) is 60.7 Å². The van der Waals surface area contributed by atoms with Crippen LogP contribution in [0, 0.1) is 0 Å². The molecule has 0 N–H and O–H groups in total. The molecule has 16 heavy (non-hydrogen) atoms. The maximum absolute atomic E-state index is 2.00. The van der Waals surface area contributed by atoms with Crippen LogP contribution >= 0.6 is 0 Å². The van der Waals surface area contributed by atoms with E-state index in [2.05, 4.69) is 0 Å². The molecule has 0 heterocycles. The average molecular weight is 384 g/mol. The van der Waals surface area contributed by atoms with Gasteiger partial charge in [-0.25, -0.2) is 24.3 Å². The molecule has 94 valence electrons. The predicted octanol–water partition coefficient (Wildman–Crippen LogP) is -9.18. The molecule has 0 aliphatic rings. The molecule has 2 aromatic rings. The monoisotopic (exact) mass is 382 g/mol. The van der Waals surface area contributed by atoms with Crippen LogP contribution in [0.5, 0.6) is 0 Å². The van der Waals surface area contributed by atoms with Crippen molar-refractivity contribution in [2.75, 3.05) is 0 Å². The second-order valence-electron chi connectivity index (χ2n) is 1.92. The molecule has 0 aliphatic carbocycles. The average Bonchev–Trinajstić information content (AvgIpc) is 2.67. The third-order valence-corrected chi connectivity index (χ3v) is 1.11. The molecule has 0 aromatic heterocycles. The molecule has 0 fully saturated rings. The van der Waals surface area contributed by atoms with Gasteiger partial charge in [-0.3, -0.25) is 0 Å². The van der Waals surface area contributed by atoms with E-state index in [1.54, 1.807) is 0 Å². The Morgan fingerprint density at radius 1 is 0.500 bits per heavy atom. The number of rotatable bonds is 0. The van der Waals surface area contributed by atoms with Crippen molar-refractivity contribution < 1.29 is 83.8 Å². The molecule has 6 heteroatoms. The zero-order valence-corrected chi connectivity index (χ0v) is 13.2. The summed E-state index contributed by atoms with van der Waals surface area (Å²) < 4.78 is 0. The summed E-state index contributed by atoms with van der Waals surface area (Å²) in [4.78, 5) is 0. The Bertz CT molecular complexity index is 160. The Hall–Kier alpha value is 0.899. The van der Waals surface area contributed by atoms with Gasteiger partial charge in [0.2, 0.25) is 0 Å². The van der Waals surface area contributed by atoms with Gasteiger partial charge < -0.3 is 49.6 Å². The molecule has 0 aliphatic heterocycles. The minimum atomic E-state index is 0. The normalized spacial score (nSPS) is 5.00. The van der Waals surface area contributed by atoms with E-state index < -0.39 is 0 Å². The summed E-state index contributed by atoms with van der Waals surface area (Å²) in [6.45, 7) is 0. The van der Waals surface area contributed by atoms with Gasteiger partial charge >= 0.3 is 34.1 Å². The molecule has 0 unspecified atom stereocenters. The van der Waals surface area contributed by atoms with E-state index in [-0.39, 0.29) is 83.8 Å². The fourth-order valence-corrected chi connectivity index (χ4v) is 0.642. The van der Waals surface area contributed by atoms with Gasteiger partial charge in [-0.15, -0.1) is 0 Å². The second-order valence-corrected chi connectivity index (χ2v) is 1.92. The molecule has 0 nitrogen and oxygen atoms in total. The van der Waals surface area contributed by atoms with Gasteiger partial charge in [0.15, 0.2) is 0 Å². The first-order valence-electron chi connectivity index (χ1n) is 3.33. The summed E-state index contributed by atoms with van der Waals surface area (Å²) in [5.74, 6) is 0. The summed E-state index contributed by atoms with van der Waals surface area (Å²) in [6.07, 6.45) is 0. The number of hydrogen-bond donors (Lipinski definition) is 0. The molecular formula is C10H10Cl4Fe2. The van der Waals surface area contributed by atoms with Crippen molar-refractivity contribution in [2.24, 2.45) is 0 Å². The summed E-state index contributed by atoms with van der Waals surface area (Å²) >= 11 is 0. The van der Waals surface area contributed by atoms with Crippen molar-refractivity contribution in [1.82, 2.24) is 0 Å². The van der Waals surface area contributed by atoms with Crippen LogP contribution in [0.15, 0.2) is 60.7 Å². The van der Waals surface area contributed by atoms with Gasteiger partial charge in [-0.2, -0.15) is 36.4 Å². The topological polar surface area (TPSA) is 0 Å². The zero-order chi connectivity index (χ0) is 7.07. The van der Waals surface area contributed by atoms with Gasteiger partial charge in [-0.1, -0.05) is 0 Å². The standard InChI is InChI=1S/2C5H5.4ClH.2Fe/c2*1-2-4-5-3-1;;;;;;/h2*1-5H;4*1H;;/q2*-1;;;;;+2;+4/p-4. The Balaban J connectivity index is -0.0000000227. The molecule has 0 amide bonds. The van der Waals surface area contributed by atoms with E-state index >= 15 is 0 Å². The first-order chi connectivity index (χ1) is 5.00. The Kier molecular flexibility index (Phi) is 66.8. The van der Waals surface area contributed by atoms with Crippen LogP contribution in [0.2, 0.25) is 0 Å². The van der Waals surface area contributed by atoms with Crippen LogP contribution in [0.3, 0.4) is 0 Å². The summed E-state index contributed by atoms with van der Waals surface area (Å²) in [5.41, 5.74) is 0. The maximum atomic E-state index is 2.00. The molecular weight excluding hydrogens is 374 g/mol. The molecule has 0 radical (unpaired) electrons. The molecule has 0 saturated heterocycles. The first kappa shape index (κ1) is 36.0. The third-order valence-electron chi connectivity index (χ3n) is 1.11. The van der Waals surface area contributed by atoms with Crippen molar-refractivity contribution in [3.05, 3.63) is 60.7 Å². The Morgan fingerprint density at radius 3 is 0.750 bits per heavy atom. The largest absolute Gasteiger partial charge is 4.00 e.